The predicted molar refractivity (Wildman–Crippen MR) is 84.1 cm³/mol. The quantitative estimate of drug-likeness (QED) is 0.820. The van der Waals surface area contributed by atoms with Crippen molar-refractivity contribution in [2.24, 2.45) is 0 Å². The van der Waals surface area contributed by atoms with Crippen molar-refractivity contribution in [1.29, 1.82) is 0 Å². The zero-order valence-corrected chi connectivity index (χ0v) is 13.3. The lowest BCUT2D eigenvalue weighted by molar-refractivity contribution is 0.0695. The number of benzene rings is 2. The zero-order chi connectivity index (χ0) is 15.6. The number of hydrogen-bond donors (Lipinski definition) is 2. The van der Waals surface area contributed by atoms with Crippen molar-refractivity contribution in [2.45, 2.75) is 13.8 Å². The van der Waals surface area contributed by atoms with E-state index in [2.05, 4.69) is 0 Å². The van der Waals surface area contributed by atoms with Crippen molar-refractivity contribution < 1.29 is 19.8 Å². The fourth-order valence-corrected chi connectivity index (χ4v) is 4.77. The summed E-state index contributed by atoms with van der Waals surface area (Å²) in [6, 6.07) is 11.1. The molecule has 0 heterocycles. The second kappa shape index (κ2) is 5.93. The smallest absolute Gasteiger partial charge is 0.335 e. The van der Waals surface area contributed by atoms with Gasteiger partial charge in [-0.15, -0.1) is 0 Å². The molecule has 0 aliphatic carbocycles. The fourth-order valence-electron chi connectivity index (χ4n) is 2.64. The minimum atomic E-state index is -1.18. The van der Waals surface area contributed by atoms with Gasteiger partial charge in [0.05, 0.1) is 20.6 Å². The van der Waals surface area contributed by atoms with Gasteiger partial charge in [-0.05, 0) is 30.2 Å². The zero-order valence-electron chi connectivity index (χ0n) is 11.9. The van der Waals surface area contributed by atoms with E-state index in [-0.39, 0.29) is 11.1 Å². The maximum absolute atomic E-state index is 11.5. The van der Waals surface area contributed by atoms with Crippen LogP contribution >= 0.6 is 0 Å². The predicted octanol–water partition coefficient (Wildman–Crippen LogP) is 0.819. The van der Waals surface area contributed by atoms with E-state index in [0.29, 0.717) is 16.3 Å². The van der Waals surface area contributed by atoms with Crippen LogP contribution in [0, 0.1) is 13.8 Å². The molecule has 0 aliphatic rings. The van der Waals surface area contributed by atoms with Gasteiger partial charge in [0.2, 0.25) is 0 Å². The van der Waals surface area contributed by atoms with Crippen molar-refractivity contribution in [1.82, 2.24) is 0 Å². The van der Waals surface area contributed by atoms with Crippen molar-refractivity contribution in [3.63, 3.8) is 0 Å². The van der Waals surface area contributed by atoms with Crippen LogP contribution in [0.15, 0.2) is 36.4 Å². The molecule has 0 saturated carbocycles. The van der Waals surface area contributed by atoms with E-state index in [1.165, 1.54) is 0 Å². The number of carboxylic acids is 2. The summed E-state index contributed by atoms with van der Waals surface area (Å²) in [7, 11) is -1.18. The number of rotatable bonds is 4. The first-order valence-corrected chi connectivity index (χ1v) is 7.96. The molecule has 0 bridgehead atoms. The van der Waals surface area contributed by atoms with Crippen molar-refractivity contribution in [3.05, 3.63) is 58.7 Å². The molecule has 0 aliphatic heterocycles. The van der Waals surface area contributed by atoms with Gasteiger partial charge in [-0.3, -0.25) is 0 Å². The average Bonchev–Trinajstić information content (AvgIpc) is 2.38. The SMILES string of the molecule is Cc1cc(C)c(C(=O)O)c([SiH2]c2ccccc2)c1C(=O)O. The van der Waals surface area contributed by atoms with Crippen LogP contribution in [0.3, 0.4) is 0 Å². The summed E-state index contributed by atoms with van der Waals surface area (Å²) in [4.78, 5) is 23.1. The van der Waals surface area contributed by atoms with Gasteiger partial charge in [-0.25, -0.2) is 9.59 Å². The van der Waals surface area contributed by atoms with Gasteiger partial charge in [0, 0.05) is 0 Å². The number of carbonyl (C=O) groups is 2. The van der Waals surface area contributed by atoms with Crippen molar-refractivity contribution in [2.75, 3.05) is 0 Å². The Morgan fingerprint density at radius 3 is 1.81 bits per heavy atom. The first kappa shape index (κ1) is 15.0. The van der Waals surface area contributed by atoms with E-state index in [9.17, 15) is 19.8 Å². The molecule has 0 radical (unpaired) electrons. The van der Waals surface area contributed by atoms with Crippen molar-refractivity contribution in [3.8, 4) is 0 Å². The summed E-state index contributed by atoms with van der Waals surface area (Å²) in [5, 5.41) is 20.4. The number of aromatic carboxylic acids is 2. The number of aryl methyl sites for hydroxylation is 2. The van der Waals surface area contributed by atoms with Gasteiger partial charge in [0.1, 0.15) is 0 Å². The molecule has 2 aromatic rings. The summed E-state index contributed by atoms with van der Waals surface area (Å²) in [5.41, 5.74) is 1.52. The Morgan fingerprint density at radius 2 is 1.38 bits per heavy atom. The molecule has 2 N–H and O–H groups in total. The summed E-state index contributed by atoms with van der Waals surface area (Å²) < 4.78 is 0. The van der Waals surface area contributed by atoms with Crippen LogP contribution in [0.5, 0.6) is 0 Å². The van der Waals surface area contributed by atoms with Crippen LogP contribution in [0.1, 0.15) is 31.8 Å². The van der Waals surface area contributed by atoms with Gasteiger partial charge in [-0.1, -0.05) is 41.6 Å². The molecule has 21 heavy (non-hydrogen) atoms. The Labute approximate surface area is 124 Å². The average molecular weight is 300 g/mol. The third-order valence-corrected chi connectivity index (χ3v) is 5.42. The van der Waals surface area contributed by atoms with E-state index in [4.69, 9.17) is 0 Å². The molecular weight excluding hydrogens is 284 g/mol. The lowest BCUT2D eigenvalue weighted by atomic mass is 9.99. The van der Waals surface area contributed by atoms with E-state index < -0.39 is 21.5 Å². The molecule has 4 nitrogen and oxygen atoms in total. The summed E-state index contributed by atoms with van der Waals surface area (Å²) in [5.74, 6) is -2.12. The Bertz CT molecular complexity index is 670. The highest BCUT2D eigenvalue weighted by molar-refractivity contribution is 6.69. The van der Waals surface area contributed by atoms with E-state index in [1.54, 1.807) is 19.9 Å². The van der Waals surface area contributed by atoms with E-state index in [1.807, 2.05) is 30.3 Å². The molecule has 0 saturated heterocycles. The molecule has 5 heteroatoms. The van der Waals surface area contributed by atoms with Crippen LogP contribution < -0.4 is 10.4 Å². The first-order valence-electron chi connectivity index (χ1n) is 6.55. The topological polar surface area (TPSA) is 74.6 Å². The summed E-state index contributed by atoms with van der Waals surface area (Å²) >= 11 is 0. The number of hydrogen-bond acceptors (Lipinski definition) is 2. The van der Waals surface area contributed by atoms with E-state index in [0.717, 1.165) is 5.19 Å². The van der Waals surface area contributed by atoms with Gasteiger partial charge >= 0.3 is 11.9 Å². The summed E-state index contributed by atoms with van der Waals surface area (Å²) in [6.07, 6.45) is 0. The molecule has 0 spiro atoms. The largest absolute Gasteiger partial charge is 0.478 e. The third-order valence-electron chi connectivity index (χ3n) is 3.48. The Kier molecular flexibility index (Phi) is 4.23. The molecule has 0 aromatic heterocycles. The highest BCUT2D eigenvalue weighted by Crippen LogP contribution is 2.14. The van der Waals surface area contributed by atoms with Crippen LogP contribution in [-0.4, -0.2) is 31.7 Å². The lowest BCUT2D eigenvalue weighted by Crippen LogP contribution is -2.37. The number of carboxylic acid groups (broad SMARTS) is 2. The van der Waals surface area contributed by atoms with Gasteiger partial charge in [0.25, 0.3) is 0 Å². The molecular formula is C16H16O4Si. The highest BCUT2D eigenvalue weighted by atomic mass is 28.2. The molecule has 0 fully saturated rings. The van der Waals surface area contributed by atoms with Gasteiger partial charge < -0.3 is 10.2 Å². The minimum absolute atomic E-state index is 0.147. The Balaban J connectivity index is 2.70. The van der Waals surface area contributed by atoms with Crippen molar-refractivity contribution >= 4 is 31.8 Å². The first-order chi connectivity index (χ1) is 9.91. The molecule has 2 aromatic carbocycles. The fraction of sp³-hybridized carbons (Fsp3) is 0.125. The Morgan fingerprint density at radius 1 is 0.905 bits per heavy atom. The van der Waals surface area contributed by atoms with Crippen LogP contribution in [-0.2, 0) is 0 Å². The normalized spacial score (nSPS) is 11.0. The molecule has 0 atom stereocenters. The summed E-state index contributed by atoms with van der Waals surface area (Å²) in [6.45, 7) is 3.43. The lowest BCUT2D eigenvalue weighted by Gasteiger charge is -2.15. The van der Waals surface area contributed by atoms with Crippen LogP contribution in [0.2, 0.25) is 0 Å². The third kappa shape index (κ3) is 3.03. The van der Waals surface area contributed by atoms with Crippen LogP contribution in [0.4, 0.5) is 0 Å². The maximum Gasteiger partial charge on any atom is 0.335 e. The highest BCUT2D eigenvalue weighted by Gasteiger charge is 2.23. The standard InChI is InChI=1S/C16H16O4Si/c1-9-8-10(2)13(16(19)20)14(12(9)15(17)18)21-11-6-4-3-5-7-11/h3-8H,21H2,1-2H3,(H,17,18)(H,19,20). The minimum Gasteiger partial charge on any atom is -0.478 e. The second-order valence-electron chi connectivity index (χ2n) is 5.01. The second-order valence-corrected chi connectivity index (χ2v) is 6.89. The monoisotopic (exact) mass is 300 g/mol. The Hall–Kier alpha value is -2.40. The molecule has 0 amide bonds. The van der Waals surface area contributed by atoms with E-state index >= 15 is 0 Å². The van der Waals surface area contributed by atoms with Crippen LogP contribution in [0.25, 0.3) is 0 Å². The molecule has 2 rings (SSSR count). The van der Waals surface area contributed by atoms with Gasteiger partial charge in [0.15, 0.2) is 0 Å². The molecule has 108 valence electrons. The van der Waals surface area contributed by atoms with Gasteiger partial charge in [-0.2, -0.15) is 0 Å². The molecule has 0 unspecified atom stereocenters. The maximum atomic E-state index is 11.5.